The van der Waals surface area contributed by atoms with E-state index in [-0.39, 0.29) is 49.3 Å². The van der Waals surface area contributed by atoms with Gasteiger partial charge in [0.05, 0.1) is 35.5 Å². The van der Waals surface area contributed by atoms with Gasteiger partial charge in [0.2, 0.25) is 27.7 Å². The third kappa shape index (κ3) is 11.6. The summed E-state index contributed by atoms with van der Waals surface area (Å²) in [6.07, 6.45) is 5.49. The Bertz CT molecular complexity index is 2410. The van der Waals surface area contributed by atoms with E-state index in [2.05, 4.69) is 21.9 Å². The third-order valence-corrected chi connectivity index (χ3v) is 17.7. The third-order valence-electron chi connectivity index (χ3n) is 15.6. The molecule has 7 atom stereocenters. The topological polar surface area (TPSA) is 227 Å². The predicted molar refractivity (Wildman–Crippen MR) is 246 cm³/mol. The van der Waals surface area contributed by atoms with Crippen LogP contribution in [0.15, 0.2) is 36.9 Å². The minimum Gasteiger partial charge on any atom is -0.554 e. The largest absolute Gasteiger partial charge is 0.554 e. The van der Waals surface area contributed by atoms with Crippen LogP contribution in [0, 0.1) is 17.8 Å². The summed E-state index contributed by atoms with van der Waals surface area (Å²) >= 11 is 0. The molecule has 4 saturated carbocycles. The lowest BCUT2D eigenvalue weighted by Gasteiger charge is -2.34. The molecule has 0 radical (unpaired) electrons. The fourth-order valence-electron chi connectivity index (χ4n) is 10.9. The number of pyridine rings is 1. The van der Waals surface area contributed by atoms with Crippen LogP contribution >= 0.6 is 0 Å². The number of para-hydroxylation sites is 1. The fraction of sp³-hybridized carbons (Fsp3) is 0.673. The maximum absolute atomic E-state index is 15.1. The second kappa shape index (κ2) is 20.9. The van der Waals surface area contributed by atoms with Gasteiger partial charge in [0.25, 0.3) is 5.91 Å². The summed E-state index contributed by atoms with van der Waals surface area (Å²) in [4.78, 5) is 72.6. The van der Waals surface area contributed by atoms with Gasteiger partial charge in [-0.3, -0.25) is 19.1 Å². The van der Waals surface area contributed by atoms with Crippen molar-refractivity contribution in [1.29, 1.82) is 0 Å². The van der Waals surface area contributed by atoms with E-state index in [0.29, 0.717) is 79.8 Å². The zero-order valence-electron chi connectivity index (χ0n) is 39.6. The molecule has 4 heterocycles. The van der Waals surface area contributed by atoms with Gasteiger partial charge >= 0.3 is 12.3 Å². The lowest BCUT2D eigenvalue weighted by molar-refractivity contribution is -0.916. The number of hydrogen-bond donors (Lipinski definition) is 4. The Morgan fingerprint density at radius 3 is 2.34 bits per heavy atom. The first kappa shape index (κ1) is 51.2. The van der Waals surface area contributed by atoms with Crippen molar-refractivity contribution in [3.63, 3.8) is 0 Å². The number of rotatable bonds is 10. The number of sulfonamides is 1. The monoisotopic (exact) mass is 1000 g/mol. The normalized spacial score (nSPS) is 31.2. The van der Waals surface area contributed by atoms with Crippen LogP contribution in [-0.4, -0.2) is 122 Å². The molecule has 4 N–H and O–H groups in total. The molecular formula is C49H65F3N6O11S. The van der Waals surface area contributed by atoms with Gasteiger partial charge in [0, 0.05) is 37.0 Å². The first-order chi connectivity index (χ1) is 33.4. The van der Waals surface area contributed by atoms with Gasteiger partial charge in [0.1, 0.15) is 41.7 Å². The number of carbonyl (C=O) groups excluding carboxylic acids is 5. The van der Waals surface area contributed by atoms with Crippen molar-refractivity contribution in [3.8, 4) is 11.6 Å². The predicted octanol–water partition coefficient (Wildman–Crippen LogP) is 3.18. The Kier molecular flexibility index (Phi) is 15.3. The number of nitrogens with one attached hydrogen (secondary N) is 4. The summed E-state index contributed by atoms with van der Waals surface area (Å²) in [7, 11) is -4.05. The number of amides is 4. The van der Waals surface area contributed by atoms with Crippen LogP contribution in [0.4, 0.5) is 18.0 Å². The molecule has 2 saturated heterocycles. The molecule has 1 aromatic carbocycles. The van der Waals surface area contributed by atoms with Gasteiger partial charge in [-0.1, -0.05) is 50.3 Å². The van der Waals surface area contributed by atoms with Crippen LogP contribution in [0.3, 0.4) is 0 Å². The SMILES string of the molecule is C=C[C@@H]1C[C@]1(NC(=O)[C@@H]1C[C@@H]2CN1C(=O)[C@H](C1CCCCC1)NC(=O)O[C@@H]1C[C@H]1CCCCCc1c(nc3ccccc3c1OC1CC[NH+](CC(F)(F)F)CC1)O2)C(=O)NS(=O)(=O)C1(C)CC1.O=C[O-]. The fourth-order valence-corrected chi connectivity index (χ4v) is 12.2. The minimum absolute atomic E-state index is 0.0272. The highest BCUT2D eigenvalue weighted by molar-refractivity contribution is 7.91. The van der Waals surface area contributed by atoms with Crippen molar-refractivity contribution < 1.29 is 69.8 Å². The Hall–Kier alpha value is -5.18. The molecule has 0 unspecified atom stereocenters. The molecule has 0 spiro atoms. The average molecular weight is 1000 g/mol. The van der Waals surface area contributed by atoms with Crippen LogP contribution < -0.4 is 34.8 Å². The van der Waals surface area contributed by atoms with E-state index >= 15 is 4.79 Å². The standard InChI is InChI=1S/C48H63F3N6O9S.CH2O2/c1-3-31-26-47(31,44(60)55-67(62,63)46(2)20-21-46)54-41(58)37-25-33-27-57(37)43(59)39(29-12-6-4-7-13-29)53-45(61)66-38-24-30(38)14-8-5-9-16-35-40(34-15-10-11-17-36(34)52-42(35)65-33)64-32-18-22-56(23-19-32)28-48(49,50)51;2-1-3/h3,10-11,15,17,29-33,37-39H,1,4-9,12-14,16,18-28H2,2H3,(H,53,61)(H,54,58)(H,55,60);1H,(H,2,3)/t30-,31-,33-,37+,38-,39+,47-;/m1./s1. The van der Waals surface area contributed by atoms with Gasteiger partial charge < -0.3 is 44.5 Å². The number of hydrogen-bond acceptors (Lipinski definition) is 12. The molecule has 21 heteroatoms. The summed E-state index contributed by atoms with van der Waals surface area (Å²) in [6.45, 7) is 4.54. The molecule has 2 bridgehead atoms. The van der Waals surface area contributed by atoms with Crippen LogP contribution in [0.1, 0.15) is 115 Å². The van der Waals surface area contributed by atoms with Gasteiger partial charge in [-0.15, -0.1) is 6.58 Å². The highest BCUT2D eigenvalue weighted by atomic mass is 32.2. The molecule has 2 aromatic rings. The number of likely N-dealkylation sites (tertiary alicyclic amines) is 1. The Labute approximate surface area is 406 Å². The molecule has 6 fully saturated rings. The second-order valence-corrected chi connectivity index (χ2v) is 22.8. The van der Waals surface area contributed by atoms with Crippen molar-refractivity contribution in [2.75, 3.05) is 26.2 Å². The van der Waals surface area contributed by atoms with E-state index in [1.807, 2.05) is 24.3 Å². The number of fused-ring (bicyclic) bond motifs is 5. The van der Waals surface area contributed by atoms with E-state index < -0.39 is 87.4 Å². The first-order valence-corrected chi connectivity index (χ1v) is 26.4. The summed E-state index contributed by atoms with van der Waals surface area (Å²) in [5.41, 5.74) is -0.346. The van der Waals surface area contributed by atoms with E-state index in [1.165, 1.54) is 11.0 Å². The number of halogens is 3. The molecule has 384 valence electrons. The average Bonchev–Trinajstić information content (AvgIpc) is 4.28. The summed E-state index contributed by atoms with van der Waals surface area (Å²) in [6, 6.07) is 5.25. The molecular weight excluding hydrogens is 938 g/mol. The maximum Gasteiger partial charge on any atom is 0.438 e. The number of alkyl halides is 3. The van der Waals surface area contributed by atoms with Crippen molar-refractivity contribution >= 4 is 51.2 Å². The van der Waals surface area contributed by atoms with Gasteiger partial charge in [-0.05, 0) is 88.7 Å². The molecule has 1 aromatic heterocycles. The van der Waals surface area contributed by atoms with Crippen molar-refractivity contribution in [2.45, 2.75) is 163 Å². The Morgan fingerprint density at radius 2 is 1.69 bits per heavy atom. The van der Waals surface area contributed by atoms with E-state index in [1.54, 1.807) is 6.92 Å². The van der Waals surface area contributed by atoms with Crippen LogP contribution in [-0.2, 0) is 40.4 Å². The smallest absolute Gasteiger partial charge is 0.438 e. The number of carboxylic acid groups (broad SMARTS) is 1. The van der Waals surface area contributed by atoms with Gasteiger partial charge in [0.15, 0.2) is 6.54 Å². The first-order valence-electron chi connectivity index (χ1n) is 24.9. The van der Waals surface area contributed by atoms with Crippen LogP contribution in [0.2, 0.25) is 0 Å². The molecule has 17 nitrogen and oxygen atoms in total. The van der Waals surface area contributed by atoms with Crippen LogP contribution in [0.5, 0.6) is 11.6 Å². The Morgan fingerprint density at radius 1 is 1.01 bits per heavy atom. The number of aromatic nitrogens is 1. The molecule has 4 amide bonds. The van der Waals surface area contributed by atoms with E-state index in [9.17, 15) is 36.0 Å². The number of quaternary nitrogens is 1. The summed E-state index contributed by atoms with van der Waals surface area (Å²) < 4.78 is 87.1. The molecule has 4 aliphatic carbocycles. The van der Waals surface area contributed by atoms with E-state index in [4.69, 9.17) is 29.1 Å². The molecule has 7 aliphatic rings. The zero-order valence-corrected chi connectivity index (χ0v) is 40.4. The molecule has 9 rings (SSSR count). The highest BCUT2D eigenvalue weighted by Crippen LogP contribution is 2.48. The number of piperidine rings is 1. The lowest BCUT2D eigenvalue weighted by Crippen LogP contribution is -3.14. The maximum atomic E-state index is 15.1. The molecule has 70 heavy (non-hydrogen) atoms. The lowest BCUT2D eigenvalue weighted by atomic mass is 9.83. The van der Waals surface area contributed by atoms with Crippen molar-refractivity contribution in [3.05, 3.63) is 42.5 Å². The number of benzene rings is 1. The van der Waals surface area contributed by atoms with Crippen molar-refractivity contribution in [2.24, 2.45) is 17.8 Å². The summed E-state index contributed by atoms with van der Waals surface area (Å²) in [5.74, 6) is -1.82. The summed E-state index contributed by atoms with van der Waals surface area (Å²) in [5, 5.41) is 14.8. The van der Waals surface area contributed by atoms with Gasteiger partial charge in [-0.25, -0.2) is 18.2 Å². The molecule has 3 aliphatic heterocycles. The number of nitrogens with zero attached hydrogens (tertiary/aromatic N) is 2. The Balaban J connectivity index is 0.00000214. The minimum atomic E-state index is -4.27. The van der Waals surface area contributed by atoms with Crippen LogP contribution in [0.25, 0.3) is 10.9 Å². The number of ether oxygens (including phenoxy) is 3. The van der Waals surface area contributed by atoms with Crippen molar-refractivity contribution in [1.82, 2.24) is 25.2 Å². The van der Waals surface area contributed by atoms with E-state index in [0.717, 1.165) is 56.8 Å². The zero-order chi connectivity index (χ0) is 50.0. The second-order valence-electron chi connectivity index (χ2n) is 20.6. The number of alkyl carbamates (subject to hydrolysis) is 1. The quantitative estimate of drug-likeness (QED) is 0.199. The number of carbonyl (C=O) groups is 5. The van der Waals surface area contributed by atoms with Gasteiger partial charge in [-0.2, -0.15) is 13.2 Å². The highest BCUT2D eigenvalue weighted by Gasteiger charge is 2.63.